The molecule has 0 saturated heterocycles. The first kappa shape index (κ1) is 7.07. The van der Waals surface area contributed by atoms with Gasteiger partial charge < -0.3 is 0 Å². The van der Waals surface area contributed by atoms with Crippen molar-refractivity contribution in [1.82, 2.24) is 4.98 Å². The summed E-state index contributed by atoms with van der Waals surface area (Å²) in [6.45, 7) is 0. The van der Waals surface area contributed by atoms with E-state index in [4.69, 9.17) is 0 Å². The van der Waals surface area contributed by atoms with Crippen molar-refractivity contribution in [3.8, 4) is 0 Å². The molecule has 2 heterocycles. The number of aromatic nitrogens is 1. The van der Waals surface area contributed by atoms with Crippen molar-refractivity contribution < 1.29 is 0 Å². The number of pyridine rings is 1. The van der Waals surface area contributed by atoms with Crippen molar-refractivity contribution in [1.29, 1.82) is 0 Å². The van der Waals surface area contributed by atoms with Gasteiger partial charge in [0, 0.05) is 16.5 Å². The van der Waals surface area contributed by atoms with Crippen molar-refractivity contribution in [2.45, 2.75) is 4.90 Å². The van der Waals surface area contributed by atoms with Gasteiger partial charge in [0.2, 0.25) is 0 Å². The minimum atomic E-state index is 1.07. The van der Waals surface area contributed by atoms with Gasteiger partial charge in [-0.2, -0.15) is 0 Å². The van der Waals surface area contributed by atoms with Crippen LogP contribution in [-0.2, 0) is 0 Å². The van der Waals surface area contributed by atoms with Crippen LogP contribution in [-0.4, -0.2) is 10.0 Å². The van der Waals surface area contributed by atoms with Crippen LogP contribution >= 0.6 is 11.4 Å². The molecular formula is C11H7NS. The van der Waals surface area contributed by atoms with Crippen LogP contribution in [0.5, 0.6) is 0 Å². The monoisotopic (exact) mass is 185 g/mol. The van der Waals surface area contributed by atoms with E-state index in [0.717, 1.165) is 5.52 Å². The van der Waals surface area contributed by atoms with Crippen molar-refractivity contribution in [2.75, 3.05) is 0 Å². The van der Waals surface area contributed by atoms with E-state index in [1.807, 2.05) is 18.3 Å². The molecule has 1 nitrogen and oxygen atoms in total. The lowest BCUT2D eigenvalue weighted by Crippen LogP contribution is -1.80. The minimum Gasteiger partial charge on any atom is -0.256 e. The number of benzene rings is 1. The fraction of sp³-hybridized carbons (Fsp3) is 0. The van der Waals surface area contributed by atoms with Gasteiger partial charge in [-0.1, -0.05) is 11.1 Å². The maximum Gasteiger partial charge on any atom is 0.0713 e. The van der Waals surface area contributed by atoms with E-state index in [-0.39, 0.29) is 0 Å². The Labute approximate surface area is 79.7 Å². The molecule has 0 atom stereocenters. The molecule has 0 unspecified atom stereocenters. The van der Waals surface area contributed by atoms with Gasteiger partial charge in [0.05, 0.1) is 5.52 Å². The smallest absolute Gasteiger partial charge is 0.0713 e. The number of fused-ring (bicyclic) bond motifs is 2. The Morgan fingerprint density at radius 2 is 2.31 bits per heavy atom. The largest absolute Gasteiger partial charge is 0.256 e. The Balaban J connectivity index is 2.45. The second kappa shape index (κ2) is 2.56. The van der Waals surface area contributed by atoms with Crippen LogP contribution in [0.25, 0.3) is 17.0 Å². The van der Waals surface area contributed by atoms with Gasteiger partial charge in [0.15, 0.2) is 0 Å². The highest BCUT2D eigenvalue weighted by Gasteiger charge is 2.03. The lowest BCUT2D eigenvalue weighted by atomic mass is 10.1. The molecule has 62 valence electrons. The molecule has 1 aliphatic heterocycles. The standard InChI is InChI=1S/C11H7NS/c1-2-8-6-9-3-5-13-11(9)7-10(8)12-4-1/h1-4,6-7,13H. The van der Waals surface area contributed by atoms with Gasteiger partial charge in [-0.3, -0.25) is 4.98 Å². The first-order valence-electron chi connectivity index (χ1n) is 4.12. The van der Waals surface area contributed by atoms with Crippen molar-refractivity contribution in [2.24, 2.45) is 0 Å². The molecule has 3 rings (SSSR count). The van der Waals surface area contributed by atoms with Crippen LogP contribution in [0.3, 0.4) is 0 Å². The Morgan fingerprint density at radius 3 is 3.31 bits per heavy atom. The SMILES string of the molecule is C1=Cc2cc3cccnc3cc2[SH]=1. The van der Waals surface area contributed by atoms with Crippen molar-refractivity contribution in [3.05, 3.63) is 36.0 Å². The molecule has 0 amide bonds. The summed E-state index contributed by atoms with van der Waals surface area (Å²) in [4.78, 5) is 5.62. The number of hydrogen-bond donors (Lipinski definition) is 1. The highest BCUT2D eigenvalue weighted by molar-refractivity contribution is 7.97. The molecule has 1 aromatic heterocycles. The minimum absolute atomic E-state index is 1.07. The van der Waals surface area contributed by atoms with E-state index in [0.29, 0.717) is 0 Å². The summed E-state index contributed by atoms with van der Waals surface area (Å²) in [6, 6.07) is 8.37. The molecule has 0 spiro atoms. The maximum absolute atomic E-state index is 4.31. The van der Waals surface area contributed by atoms with E-state index >= 15 is 0 Å². The van der Waals surface area contributed by atoms with E-state index in [9.17, 15) is 0 Å². The van der Waals surface area contributed by atoms with E-state index < -0.39 is 0 Å². The zero-order valence-corrected chi connectivity index (χ0v) is 7.75. The highest BCUT2D eigenvalue weighted by Crippen LogP contribution is 2.26. The van der Waals surface area contributed by atoms with Crippen LogP contribution < -0.4 is 0 Å². The molecule has 13 heavy (non-hydrogen) atoms. The predicted molar refractivity (Wildman–Crippen MR) is 58.5 cm³/mol. The van der Waals surface area contributed by atoms with Gasteiger partial charge in [-0.25, -0.2) is 0 Å². The number of hydrogen-bond acceptors (Lipinski definition) is 1. The quantitative estimate of drug-likeness (QED) is 0.419. The van der Waals surface area contributed by atoms with Crippen LogP contribution in [0.2, 0.25) is 0 Å². The molecule has 1 aliphatic rings. The Hall–Kier alpha value is -1.37. The lowest BCUT2D eigenvalue weighted by molar-refractivity contribution is 1.37. The summed E-state index contributed by atoms with van der Waals surface area (Å²) in [5.41, 5.74) is 2.35. The lowest BCUT2D eigenvalue weighted by Gasteiger charge is -2.00. The highest BCUT2D eigenvalue weighted by atomic mass is 32.1. The summed E-state index contributed by atoms with van der Waals surface area (Å²) in [6.07, 6.45) is 3.88. The topological polar surface area (TPSA) is 12.9 Å². The second-order valence-electron chi connectivity index (χ2n) is 2.99. The molecule has 2 aromatic rings. The third-order valence-electron chi connectivity index (χ3n) is 2.16. The number of rotatable bonds is 0. The van der Waals surface area contributed by atoms with Gasteiger partial charge in [0.25, 0.3) is 0 Å². The molecule has 0 N–H and O–H groups in total. The average Bonchev–Trinajstić information content (AvgIpc) is 2.61. The number of thiol groups is 1. The molecule has 0 bridgehead atoms. The summed E-state index contributed by atoms with van der Waals surface area (Å²) < 4.78 is 0. The van der Waals surface area contributed by atoms with Crippen molar-refractivity contribution in [3.63, 3.8) is 0 Å². The average molecular weight is 185 g/mol. The first-order chi connectivity index (χ1) is 6.43. The molecular weight excluding hydrogens is 178 g/mol. The third kappa shape index (κ3) is 1.04. The summed E-state index contributed by atoms with van der Waals surface area (Å²) in [5.74, 6) is 0. The normalized spacial score (nSPS) is 12.9. The van der Waals surface area contributed by atoms with Crippen LogP contribution in [0.15, 0.2) is 35.4 Å². The molecule has 0 fully saturated rings. The van der Waals surface area contributed by atoms with Gasteiger partial charge in [-0.05, 0) is 29.8 Å². The van der Waals surface area contributed by atoms with Crippen LogP contribution in [0.1, 0.15) is 5.56 Å². The number of nitrogens with zero attached hydrogens (tertiary/aromatic N) is 1. The summed E-state index contributed by atoms with van der Waals surface area (Å²) in [7, 11) is 0. The van der Waals surface area contributed by atoms with E-state index in [2.05, 4.69) is 28.2 Å². The molecule has 0 radical (unpaired) electrons. The zero-order valence-electron chi connectivity index (χ0n) is 6.86. The Morgan fingerprint density at radius 1 is 1.31 bits per heavy atom. The van der Waals surface area contributed by atoms with E-state index in [1.54, 1.807) is 0 Å². The fourth-order valence-electron chi connectivity index (χ4n) is 1.51. The zero-order chi connectivity index (χ0) is 8.67. The van der Waals surface area contributed by atoms with Crippen LogP contribution in [0, 0.1) is 0 Å². The molecule has 2 heteroatoms. The van der Waals surface area contributed by atoms with Crippen LogP contribution in [0.4, 0.5) is 0 Å². The van der Waals surface area contributed by atoms with Crippen molar-refractivity contribution >= 4 is 33.4 Å². The second-order valence-corrected chi connectivity index (χ2v) is 3.96. The predicted octanol–water partition coefficient (Wildman–Crippen LogP) is 2.49. The van der Waals surface area contributed by atoms with Gasteiger partial charge in [-0.15, -0.1) is 11.4 Å². The maximum atomic E-state index is 4.31. The Kier molecular flexibility index (Phi) is 1.39. The van der Waals surface area contributed by atoms with Gasteiger partial charge in [0.1, 0.15) is 0 Å². The first-order valence-corrected chi connectivity index (χ1v) is 5.01. The summed E-state index contributed by atoms with van der Waals surface area (Å²) >= 11 is 1.17. The Bertz CT molecular complexity index is 505. The molecule has 0 aliphatic carbocycles. The summed E-state index contributed by atoms with van der Waals surface area (Å²) in [5, 5.41) is 4.39. The third-order valence-corrected chi connectivity index (χ3v) is 3.04. The molecule has 1 aromatic carbocycles. The van der Waals surface area contributed by atoms with Gasteiger partial charge >= 0.3 is 0 Å². The van der Waals surface area contributed by atoms with E-state index in [1.165, 1.54) is 27.2 Å². The fourth-order valence-corrected chi connectivity index (χ4v) is 2.30. The molecule has 0 saturated carbocycles.